The van der Waals surface area contributed by atoms with E-state index in [0.29, 0.717) is 17.7 Å². The van der Waals surface area contributed by atoms with Crippen molar-refractivity contribution in [3.63, 3.8) is 0 Å². The number of carbonyl (C=O) groups is 1. The summed E-state index contributed by atoms with van der Waals surface area (Å²) in [4.78, 5) is 15.1. The molecule has 1 aromatic heterocycles. The fourth-order valence-corrected chi connectivity index (χ4v) is 4.00. The maximum absolute atomic E-state index is 13.7. The SMILES string of the molecule is O=Cc1ccc(-c2ccc(OC34CCC(CC3)CC4)nc2)cc1F. The summed E-state index contributed by atoms with van der Waals surface area (Å²) < 4.78 is 20.0. The highest BCUT2D eigenvalue weighted by atomic mass is 19.1. The van der Waals surface area contributed by atoms with Crippen LogP contribution in [0.3, 0.4) is 0 Å². The maximum Gasteiger partial charge on any atom is 0.213 e. The zero-order valence-corrected chi connectivity index (χ0v) is 13.5. The van der Waals surface area contributed by atoms with Crippen LogP contribution in [0.2, 0.25) is 0 Å². The first-order valence-electron chi connectivity index (χ1n) is 8.58. The molecule has 124 valence electrons. The number of halogens is 1. The van der Waals surface area contributed by atoms with Gasteiger partial charge in [-0.25, -0.2) is 9.37 Å². The zero-order chi connectivity index (χ0) is 16.6. The average Bonchev–Trinajstić information content (AvgIpc) is 2.63. The number of rotatable bonds is 4. The molecule has 3 saturated carbocycles. The number of hydrogen-bond donors (Lipinski definition) is 0. The summed E-state index contributed by atoms with van der Waals surface area (Å²) in [5, 5.41) is 0. The van der Waals surface area contributed by atoms with Crippen LogP contribution in [0.4, 0.5) is 4.39 Å². The van der Waals surface area contributed by atoms with Crippen molar-refractivity contribution in [1.82, 2.24) is 4.98 Å². The molecule has 0 N–H and O–H groups in total. The third kappa shape index (κ3) is 2.81. The number of benzene rings is 1. The van der Waals surface area contributed by atoms with Gasteiger partial charge in [-0.05, 0) is 68.2 Å². The summed E-state index contributed by atoms with van der Waals surface area (Å²) in [6.45, 7) is 0. The van der Waals surface area contributed by atoms with Crippen LogP contribution in [0.1, 0.15) is 48.9 Å². The molecule has 4 heteroatoms. The van der Waals surface area contributed by atoms with Crippen molar-refractivity contribution in [1.29, 1.82) is 0 Å². The third-order valence-electron chi connectivity index (χ3n) is 5.54. The quantitative estimate of drug-likeness (QED) is 0.758. The van der Waals surface area contributed by atoms with Gasteiger partial charge in [-0.2, -0.15) is 0 Å². The van der Waals surface area contributed by atoms with Gasteiger partial charge in [0, 0.05) is 17.8 Å². The van der Waals surface area contributed by atoms with E-state index >= 15 is 0 Å². The third-order valence-corrected chi connectivity index (χ3v) is 5.54. The predicted octanol–water partition coefficient (Wildman–Crippen LogP) is 4.80. The van der Waals surface area contributed by atoms with Crippen LogP contribution in [-0.4, -0.2) is 16.9 Å². The minimum Gasteiger partial charge on any atom is -0.471 e. The molecule has 1 aromatic carbocycles. The van der Waals surface area contributed by atoms with Crippen LogP contribution in [0.25, 0.3) is 11.1 Å². The minimum absolute atomic E-state index is 0.0268. The molecule has 0 spiro atoms. The normalized spacial score (nSPS) is 25.5. The van der Waals surface area contributed by atoms with E-state index in [-0.39, 0.29) is 11.2 Å². The number of nitrogens with zero attached hydrogens (tertiary/aromatic N) is 1. The lowest BCUT2D eigenvalue weighted by Gasteiger charge is -2.45. The molecule has 1 heterocycles. The molecule has 3 nitrogen and oxygen atoms in total. The van der Waals surface area contributed by atoms with Crippen LogP contribution in [-0.2, 0) is 0 Å². The van der Waals surface area contributed by atoms with E-state index in [1.165, 1.54) is 31.4 Å². The first-order chi connectivity index (χ1) is 11.7. The Morgan fingerprint density at radius 2 is 1.79 bits per heavy atom. The molecule has 0 atom stereocenters. The van der Waals surface area contributed by atoms with Crippen LogP contribution in [0.15, 0.2) is 36.5 Å². The van der Waals surface area contributed by atoms with Crippen molar-refractivity contribution in [3.05, 3.63) is 47.9 Å². The number of carbonyl (C=O) groups excluding carboxylic acids is 1. The Morgan fingerprint density at radius 3 is 2.38 bits per heavy atom. The lowest BCUT2D eigenvalue weighted by Crippen LogP contribution is -2.44. The van der Waals surface area contributed by atoms with E-state index in [2.05, 4.69) is 4.98 Å². The maximum atomic E-state index is 13.7. The summed E-state index contributed by atoms with van der Waals surface area (Å²) in [7, 11) is 0. The van der Waals surface area contributed by atoms with Crippen molar-refractivity contribution in [2.45, 2.75) is 44.1 Å². The van der Waals surface area contributed by atoms with Gasteiger partial charge in [-0.3, -0.25) is 4.79 Å². The Kier molecular flexibility index (Phi) is 3.83. The number of hydrogen-bond acceptors (Lipinski definition) is 3. The second kappa shape index (κ2) is 6.00. The number of fused-ring (bicyclic) bond motifs is 3. The highest BCUT2D eigenvalue weighted by Gasteiger charge is 2.42. The second-order valence-electron chi connectivity index (χ2n) is 7.01. The van der Waals surface area contributed by atoms with Gasteiger partial charge in [0.2, 0.25) is 5.88 Å². The zero-order valence-electron chi connectivity index (χ0n) is 13.5. The molecule has 2 aromatic rings. The number of pyridine rings is 1. The van der Waals surface area contributed by atoms with Crippen LogP contribution in [0.5, 0.6) is 5.88 Å². The standard InChI is InChI=1S/C20H20FNO2/c21-18-11-15(1-2-17(18)13-23)16-3-4-19(22-12-16)24-20-8-5-14(6-9-20)7-10-20/h1-4,11-14H,5-10H2. The number of aldehydes is 1. The molecular weight excluding hydrogens is 305 g/mol. The lowest BCUT2D eigenvalue weighted by molar-refractivity contribution is -0.0352. The minimum atomic E-state index is -0.513. The molecule has 0 amide bonds. The van der Waals surface area contributed by atoms with E-state index in [9.17, 15) is 9.18 Å². The van der Waals surface area contributed by atoms with Gasteiger partial charge in [0.15, 0.2) is 6.29 Å². The van der Waals surface area contributed by atoms with Gasteiger partial charge in [0.1, 0.15) is 11.4 Å². The molecule has 0 radical (unpaired) electrons. The van der Waals surface area contributed by atoms with Crippen molar-refractivity contribution in [2.24, 2.45) is 5.92 Å². The van der Waals surface area contributed by atoms with E-state index in [4.69, 9.17) is 4.74 Å². The highest BCUT2D eigenvalue weighted by molar-refractivity contribution is 5.77. The van der Waals surface area contributed by atoms with E-state index < -0.39 is 5.82 Å². The van der Waals surface area contributed by atoms with Gasteiger partial charge in [0.25, 0.3) is 0 Å². The van der Waals surface area contributed by atoms with Crippen LogP contribution >= 0.6 is 0 Å². The summed E-state index contributed by atoms with van der Waals surface area (Å²) in [5.74, 6) is 1.03. The molecule has 5 rings (SSSR count). The Balaban J connectivity index is 1.52. The van der Waals surface area contributed by atoms with Crippen molar-refractivity contribution >= 4 is 6.29 Å². The fraction of sp³-hybridized carbons (Fsp3) is 0.400. The van der Waals surface area contributed by atoms with Gasteiger partial charge >= 0.3 is 0 Å². The first kappa shape index (κ1) is 15.3. The van der Waals surface area contributed by atoms with Crippen molar-refractivity contribution < 1.29 is 13.9 Å². The molecule has 2 bridgehead atoms. The topological polar surface area (TPSA) is 39.2 Å². The monoisotopic (exact) mass is 325 g/mol. The smallest absolute Gasteiger partial charge is 0.213 e. The predicted molar refractivity (Wildman–Crippen MR) is 89.6 cm³/mol. The van der Waals surface area contributed by atoms with E-state index in [1.54, 1.807) is 12.3 Å². The Hall–Kier alpha value is -2.23. The molecule has 0 unspecified atom stereocenters. The summed E-state index contributed by atoms with van der Waals surface area (Å²) in [5.41, 5.74) is 1.55. The summed E-state index contributed by atoms with van der Waals surface area (Å²) in [6, 6.07) is 8.33. The largest absolute Gasteiger partial charge is 0.471 e. The van der Waals surface area contributed by atoms with Gasteiger partial charge in [-0.1, -0.05) is 6.07 Å². The van der Waals surface area contributed by atoms with E-state index in [0.717, 1.165) is 30.7 Å². The molecular formula is C20H20FNO2. The highest BCUT2D eigenvalue weighted by Crippen LogP contribution is 2.46. The Bertz CT molecular complexity index is 735. The molecule has 0 aliphatic heterocycles. The van der Waals surface area contributed by atoms with Gasteiger partial charge < -0.3 is 4.74 Å². The Morgan fingerprint density at radius 1 is 1.08 bits per heavy atom. The summed E-state index contributed by atoms with van der Waals surface area (Å²) in [6.07, 6.45) is 9.39. The van der Waals surface area contributed by atoms with E-state index in [1.807, 2.05) is 12.1 Å². The average molecular weight is 325 g/mol. The Labute approximate surface area is 140 Å². The van der Waals surface area contributed by atoms with Crippen molar-refractivity contribution in [3.8, 4) is 17.0 Å². The molecule has 3 aliphatic carbocycles. The van der Waals surface area contributed by atoms with Crippen molar-refractivity contribution in [2.75, 3.05) is 0 Å². The lowest BCUT2D eigenvalue weighted by atomic mass is 9.68. The molecule has 24 heavy (non-hydrogen) atoms. The number of aromatic nitrogens is 1. The van der Waals surface area contributed by atoms with Gasteiger partial charge in [0.05, 0.1) is 5.56 Å². The fourth-order valence-electron chi connectivity index (χ4n) is 4.00. The summed E-state index contributed by atoms with van der Waals surface area (Å²) >= 11 is 0. The first-order valence-corrected chi connectivity index (χ1v) is 8.58. The number of ether oxygens (including phenoxy) is 1. The van der Waals surface area contributed by atoms with Crippen LogP contribution in [0, 0.1) is 11.7 Å². The molecule has 0 saturated heterocycles. The second-order valence-corrected chi connectivity index (χ2v) is 7.01. The molecule has 3 fully saturated rings. The van der Waals surface area contributed by atoms with Crippen LogP contribution < -0.4 is 4.74 Å². The van der Waals surface area contributed by atoms with Gasteiger partial charge in [-0.15, -0.1) is 0 Å². The molecule has 3 aliphatic rings.